The number of unbranched alkanes of at least 4 members (excludes halogenated alkanes) is 6. The van der Waals surface area contributed by atoms with Gasteiger partial charge in [0, 0.05) is 19.3 Å². The molecular weight excluding hydrogens is 701 g/mol. The van der Waals surface area contributed by atoms with Gasteiger partial charge < -0.3 is 33.8 Å². The number of hydrogen-bond acceptors (Lipinski definition) is 9. The fraction of sp³-hybridized carbons (Fsp3) is 0.621. The van der Waals surface area contributed by atoms with Crippen molar-refractivity contribution >= 4 is 28.9 Å². The molecular formula is C29H42FN5O5W. The predicted molar refractivity (Wildman–Crippen MR) is 150 cm³/mol. The van der Waals surface area contributed by atoms with Crippen molar-refractivity contribution in [3.05, 3.63) is 26.3 Å². The number of esters is 2. The van der Waals surface area contributed by atoms with Gasteiger partial charge in [-0.15, -0.1) is 6.42 Å². The first kappa shape index (κ1) is 36.5. The first-order chi connectivity index (χ1) is 19.2. The van der Waals surface area contributed by atoms with Gasteiger partial charge in [-0.3, -0.25) is 14.2 Å². The molecule has 3 rings (SSSR count). The van der Waals surface area contributed by atoms with Crippen molar-refractivity contribution in [2.45, 2.75) is 109 Å². The van der Waals surface area contributed by atoms with Crippen molar-refractivity contribution in [2.24, 2.45) is 0 Å². The Bertz CT molecular complexity index is 1140. The van der Waals surface area contributed by atoms with Crippen LogP contribution in [0, 0.1) is 32.3 Å². The Labute approximate surface area is 257 Å². The number of ether oxygens (including phenoxy) is 3. The molecule has 0 spiro atoms. The molecule has 12 heteroatoms. The maximum atomic E-state index is 13.8. The van der Waals surface area contributed by atoms with Crippen LogP contribution in [0.2, 0.25) is 0 Å². The zero-order chi connectivity index (χ0) is 29.5. The molecule has 10 nitrogen and oxygen atoms in total. The van der Waals surface area contributed by atoms with Gasteiger partial charge in [-0.2, -0.15) is 27.2 Å². The van der Waals surface area contributed by atoms with E-state index >= 15 is 0 Å². The number of carbonyl (C=O) groups is 2. The summed E-state index contributed by atoms with van der Waals surface area (Å²) in [6.45, 7) is 11.3. The van der Waals surface area contributed by atoms with E-state index in [9.17, 15) is 14.0 Å². The van der Waals surface area contributed by atoms with Crippen LogP contribution >= 0.6 is 0 Å². The molecule has 1 saturated heterocycles. The standard InChI is InChI=1S/C23H29FN5O5.C6H13.W/c1-4-7-9-11-18(31)33-15-12-16(29-14-26-19-20(25)27-22(24)28-21(19)29)34-23(15,6-3)13-32-17(30)10-8-5-2;1-3-5-6-4-2;/h3,14-16H,1,4-5,7-13H2,2H3,(H2,25,27,28);1,3-6H2,2H3;/q2*-1;+2/t15-,16+,23+;;/m0../s1. The molecule has 1 aliphatic heterocycles. The van der Waals surface area contributed by atoms with Crippen LogP contribution in [0.25, 0.3) is 11.2 Å². The number of imidazole rings is 1. The van der Waals surface area contributed by atoms with Crippen LogP contribution in [0.15, 0.2) is 6.33 Å². The number of carbonyl (C=O) groups excluding carboxylic acids is 2. The van der Waals surface area contributed by atoms with E-state index in [4.69, 9.17) is 26.4 Å². The van der Waals surface area contributed by atoms with Crippen LogP contribution in [0.5, 0.6) is 0 Å². The molecule has 0 aromatic carbocycles. The number of nitrogen functional groups attached to an aromatic ring is 1. The fourth-order valence-corrected chi connectivity index (χ4v) is 4.14. The summed E-state index contributed by atoms with van der Waals surface area (Å²) in [4.78, 5) is 36.0. The summed E-state index contributed by atoms with van der Waals surface area (Å²) in [5, 5.41) is 0. The van der Waals surface area contributed by atoms with Crippen LogP contribution in [-0.2, 0) is 44.9 Å². The zero-order valence-electron chi connectivity index (χ0n) is 24.1. The Morgan fingerprint density at radius 1 is 1.15 bits per heavy atom. The number of aromatic nitrogens is 4. The first-order valence-electron chi connectivity index (χ1n) is 14.0. The molecule has 0 amide bonds. The quantitative estimate of drug-likeness (QED) is 0.0904. The largest absolute Gasteiger partial charge is 2.00 e. The Balaban J connectivity index is 0.00000108. The Morgan fingerprint density at radius 2 is 1.80 bits per heavy atom. The molecule has 2 N–H and O–H groups in total. The number of rotatable bonds is 14. The zero-order valence-corrected chi connectivity index (χ0v) is 27.0. The normalized spacial score (nSPS) is 19.5. The third-order valence-electron chi connectivity index (χ3n) is 6.45. The molecule has 0 saturated carbocycles. The van der Waals surface area contributed by atoms with Crippen molar-refractivity contribution in [1.82, 2.24) is 19.5 Å². The number of nitrogens with two attached hydrogens (primary N) is 1. The van der Waals surface area contributed by atoms with Gasteiger partial charge in [-0.1, -0.05) is 51.9 Å². The SMILES string of the molecule is C#C[C@]1(COC(=O)CCCC)O[C@@H](n2cnc3c(N)nc(F)nc32)C[C@@H]1OC(=O)CCCC[CH2-].[CH2-]CCCCC.[W+2]. The van der Waals surface area contributed by atoms with Gasteiger partial charge in [0.25, 0.3) is 0 Å². The molecule has 0 radical (unpaired) electrons. The molecule has 1 fully saturated rings. The molecule has 2 aromatic heterocycles. The van der Waals surface area contributed by atoms with E-state index in [1.807, 2.05) is 6.92 Å². The third-order valence-corrected chi connectivity index (χ3v) is 6.45. The van der Waals surface area contributed by atoms with Crippen molar-refractivity contribution in [3.63, 3.8) is 0 Å². The summed E-state index contributed by atoms with van der Waals surface area (Å²) in [5.41, 5.74) is 4.50. The van der Waals surface area contributed by atoms with Gasteiger partial charge in [-0.25, -0.2) is 4.98 Å². The number of terminal acetylenes is 1. The minimum absolute atomic E-state index is 0. The number of halogens is 1. The van der Waals surface area contributed by atoms with Gasteiger partial charge in [0.1, 0.15) is 18.9 Å². The van der Waals surface area contributed by atoms with E-state index in [-0.39, 0.29) is 63.9 Å². The summed E-state index contributed by atoms with van der Waals surface area (Å²) in [7, 11) is 0. The van der Waals surface area contributed by atoms with E-state index < -0.39 is 35.9 Å². The van der Waals surface area contributed by atoms with Gasteiger partial charge in [-0.05, 0) is 12.8 Å². The second-order valence-corrected chi connectivity index (χ2v) is 9.66. The molecule has 1 aliphatic rings. The molecule has 3 atom stereocenters. The van der Waals surface area contributed by atoms with Crippen LogP contribution < -0.4 is 5.73 Å². The van der Waals surface area contributed by atoms with E-state index in [2.05, 4.69) is 41.6 Å². The average Bonchev–Trinajstić information content (AvgIpc) is 3.52. The third kappa shape index (κ3) is 10.6. The van der Waals surface area contributed by atoms with E-state index in [1.54, 1.807) is 0 Å². The van der Waals surface area contributed by atoms with E-state index in [1.165, 1.54) is 30.2 Å². The maximum Gasteiger partial charge on any atom is 2.00 e. The molecule has 0 unspecified atom stereocenters. The Kier molecular flexibility index (Phi) is 16.7. The van der Waals surface area contributed by atoms with Crippen LogP contribution in [-0.4, -0.2) is 49.8 Å². The Morgan fingerprint density at radius 3 is 2.41 bits per heavy atom. The Hall–Kier alpha value is -2.57. The van der Waals surface area contributed by atoms with E-state index in [0.29, 0.717) is 19.3 Å². The van der Waals surface area contributed by atoms with Crippen molar-refractivity contribution in [3.8, 4) is 12.3 Å². The topological polar surface area (TPSA) is 131 Å². The van der Waals surface area contributed by atoms with Crippen LogP contribution in [0.4, 0.5) is 10.2 Å². The molecule has 41 heavy (non-hydrogen) atoms. The average molecular weight is 744 g/mol. The number of nitrogens with zero attached hydrogens (tertiary/aromatic N) is 4. The minimum atomic E-state index is -1.54. The van der Waals surface area contributed by atoms with Gasteiger partial charge >= 0.3 is 39.1 Å². The number of anilines is 1. The first-order valence-corrected chi connectivity index (χ1v) is 14.0. The van der Waals surface area contributed by atoms with Crippen LogP contribution in [0.1, 0.15) is 97.1 Å². The minimum Gasteiger partial charge on any atom is -0.461 e. The van der Waals surface area contributed by atoms with Crippen molar-refractivity contribution in [2.75, 3.05) is 12.3 Å². The second kappa shape index (κ2) is 18.8. The maximum absolute atomic E-state index is 13.8. The number of hydrogen-bond donors (Lipinski definition) is 1. The summed E-state index contributed by atoms with van der Waals surface area (Å²) >= 11 is 0. The smallest absolute Gasteiger partial charge is 0.461 e. The number of fused-ring (bicyclic) bond motifs is 1. The summed E-state index contributed by atoms with van der Waals surface area (Å²) < 4.78 is 32.5. The summed E-state index contributed by atoms with van der Waals surface area (Å²) in [6, 6.07) is 0. The molecule has 2 aromatic rings. The van der Waals surface area contributed by atoms with Crippen molar-refractivity contribution < 1.29 is 49.3 Å². The van der Waals surface area contributed by atoms with E-state index in [0.717, 1.165) is 19.3 Å². The van der Waals surface area contributed by atoms with Crippen molar-refractivity contribution in [1.29, 1.82) is 0 Å². The fourth-order valence-electron chi connectivity index (χ4n) is 4.14. The van der Waals surface area contributed by atoms with Gasteiger partial charge in [0.15, 0.2) is 17.0 Å². The summed E-state index contributed by atoms with van der Waals surface area (Å²) in [5.74, 6) is 1.52. The molecule has 3 heterocycles. The summed E-state index contributed by atoms with van der Waals surface area (Å²) in [6.07, 6.45) is 13.6. The molecule has 226 valence electrons. The van der Waals surface area contributed by atoms with Gasteiger partial charge in [0.05, 0.1) is 6.33 Å². The van der Waals surface area contributed by atoms with Gasteiger partial charge in [0.2, 0.25) is 5.60 Å². The van der Waals surface area contributed by atoms with Crippen LogP contribution in [0.3, 0.4) is 0 Å². The second-order valence-electron chi connectivity index (χ2n) is 9.66. The predicted octanol–water partition coefficient (Wildman–Crippen LogP) is 5.28. The molecule has 0 aliphatic carbocycles. The monoisotopic (exact) mass is 743 g/mol. The molecule has 0 bridgehead atoms.